The van der Waals surface area contributed by atoms with Gasteiger partial charge in [0, 0.05) is 43.5 Å². The molecule has 174 valence electrons. The average Bonchev–Trinajstić information content (AvgIpc) is 3.30. The Morgan fingerprint density at radius 1 is 0.882 bits per heavy atom. The highest BCUT2D eigenvalue weighted by Crippen LogP contribution is 2.23. The zero-order valence-electron chi connectivity index (χ0n) is 19.3. The summed E-state index contributed by atoms with van der Waals surface area (Å²) < 4.78 is 12.5. The highest BCUT2D eigenvalue weighted by Gasteiger charge is 2.23. The Balaban J connectivity index is 1.27. The minimum Gasteiger partial charge on any atom is -0.497 e. The second kappa shape index (κ2) is 9.43. The van der Waals surface area contributed by atoms with E-state index in [1.54, 1.807) is 14.2 Å². The lowest BCUT2D eigenvalue weighted by molar-refractivity contribution is 0.0747. The number of hydrogen-bond donors (Lipinski definition) is 0. The van der Waals surface area contributed by atoms with Crippen LogP contribution in [-0.2, 0) is 6.54 Å². The van der Waals surface area contributed by atoms with E-state index in [1.165, 1.54) is 0 Å². The summed E-state index contributed by atoms with van der Waals surface area (Å²) in [5, 5.41) is 8.61. The number of carbonyl (C=O) groups is 1. The van der Waals surface area contributed by atoms with E-state index in [-0.39, 0.29) is 5.91 Å². The number of ether oxygens (including phenoxy) is 2. The molecule has 0 unspecified atom stereocenters. The lowest BCUT2D eigenvalue weighted by Gasteiger charge is -2.36. The molecule has 1 amide bonds. The van der Waals surface area contributed by atoms with Crippen molar-refractivity contribution in [2.24, 2.45) is 0 Å². The number of amides is 1. The number of hydrogen-bond acceptors (Lipinski definition) is 6. The molecule has 34 heavy (non-hydrogen) atoms. The van der Waals surface area contributed by atoms with Gasteiger partial charge in [-0.05, 0) is 48.0 Å². The Kier molecular flexibility index (Phi) is 6.03. The number of nitrogens with zero attached hydrogens (tertiary/aromatic N) is 5. The van der Waals surface area contributed by atoms with E-state index in [2.05, 4.69) is 21.3 Å². The first-order chi connectivity index (χ1) is 16.6. The monoisotopic (exact) mass is 457 g/mol. The lowest BCUT2D eigenvalue weighted by Crippen LogP contribution is -2.48. The van der Waals surface area contributed by atoms with E-state index in [9.17, 15) is 4.79 Å². The SMILES string of the molecule is COc1cccc(Cn2nnc3cc(C(=O)N4CCN(c5cccc(OC)c5)CC4)ccc32)c1. The quantitative estimate of drug-likeness (QED) is 0.442. The lowest BCUT2D eigenvalue weighted by atomic mass is 10.1. The number of aromatic nitrogens is 3. The van der Waals surface area contributed by atoms with E-state index >= 15 is 0 Å². The first-order valence-electron chi connectivity index (χ1n) is 11.3. The van der Waals surface area contributed by atoms with Gasteiger partial charge in [0.15, 0.2) is 0 Å². The third-order valence-corrected chi connectivity index (χ3v) is 6.21. The Morgan fingerprint density at radius 3 is 2.38 bits per heavy atom. The third kappa shape index (κ3) is 4.39. The van der Waals surface area contributed by atoms with Crippen molar-refractivity contribution < 1.29 is 14.3 Å². The molecule has 1 aliphatic heterocycles. The Bertz CT molecular complexity index is 1310. The van der Waals surface area contributed by atoms with E-state index in [1.807, 2.05) is 70.2 Å². The molecule has 0 spiro atoms. The predicted molar refractivity (Wildman–Crippen MR) is 131 cm³/mol. The highest BCUT2D eigenvalue weighted by molar-refractivity contribution is 5.97. The summed E-state index contributed by atoms with van der Waals surface area (Å²) >= 11 is 0. The van der Waals surface area contributed by atoms with E-state index < -0.39 is 0 Å². The van der Waals surface area contributed by atoms with Crippen LogP contribution in [0.1, 0.15) is 15.9 Å². The van der Waals surface area contributed by atoms with Crippen LogP contribution >= 0.6 is 0 Å². The molecule has 8 nitrogen and oxygen atoms in total. The van der Waals surface area contributed by atoms with Gasteiger partial charge in [-0.15, -0.1) is 5.10 Å². The fourth-order valence-electron chi connectivity index (χ4n) is 4.32. The van der Waals surface area contributed by atoms with E-state index in [0.717, 1.165) is 41.4 Å². The smallest absolute Gasteiger partial charge is 0.254 e. The van der Waals surface area contributed by atoms with Crippen molar-refractivity contribution in [2.75, 3.05) is 45.3 Å². The Morgan fingerprint density at radius 2 is 1.62 bits per heavy atom. The van der Waals surface area contributed by atoms with E-state index in [0.29, 0.717) is 30.7 Å². The zero-order valence-corrected chi connectivity index (χ0v) is 19.3. The molecule has 2 heterocycles. The molecule has 4 aromatic rings. The maximum atomic E-state index is 13.2. The van der Waals surface area contributed by atoms with Crippen molar-refractivity contribution in [1.82, 2.24) is 19.9 Å². The molecule has 0 bridgehead atoms. The van der Waals surface area contributed by atoms with Gasteiger partial charge in [0.1, 0.15) is 17.0 Å². The van der Waals surface area contributed by atoms with Crippen LogP contribution < -0.4 is 14.4 Å². The number of anilines is 1. The fourth-order valence-corrected chi connectivity index (χ4v) is 4.32. The maximum Gasteiger partial charge on any atom is 0.254 e. The molecule has 8 heteroatoms. The predicted octanol–water partition coefficient (Wildman–Crippen LogP) is 3.46. The summed E-state index contributed by atoms with van der Waals surface area (Å²) in [6.07, 6.45) is 0. The third-order valence-electron chi connectivity index (χ3n) is 6.21. The number of fused-ring (bicyclic) bond motifs is 1. The molecule has 0 atom stereocenters. The number of benzene rings is 3. The van der Waals surface area contributed by atoms with Crippen molar-refractivity contribution in [2.45, 2.75) is 6.54 Å². The van der Waals surface area contributed by atoms with Gasteiger partial charge in [-0.2, -0.15) is 0 Å². The standard InChI is InChI=1S/C26H27N5O3/c1-33-22-7-3-5-19(15-22)18-31-25-10-9-20(16-24(25)27-28-31)26(32)30-13-11-29(12-14-30)21-6-4-8-23(17-21)34-2/h3-10,15-17H,11-14,18H2,1-2H3. The summed E-state index contributed by atoms with van der Waals surface area (Å²) in [6, 6.07) is 21.5. The maximum absolute atomic E-state index is 13.2. The molecule has 1 saturated heterocycles. The zero-order chi connectivity index (χ0) is 23.5. The molecule has 0 radical (unpaired) electrons. The van der Waals surface area contributed by atoms with Crippen molar-refractivity contribution >= 4 is 22.6 Å². The minimum atomic E-state index is 0.0227. The molecule has 0 N–H and O–H groups in total. The van der Waals surface area contributed by atoms with Gasteiger partial charge in [0.25, 0.3) is 5.91 Å². The van der Waals surface area contributed by atoms with Gasteiger partial charge in [0.05, 0.1) is 26.3 Å². The molecule has 5 rings (SSSR count). The van der Waals surface area contributed by atoms with Crippen LogP contribution in [0.4, 0.5) is 5.69 Å². The normalized spacial score (nSPS) is 13.8. The molecule has 0 aliphatic carbocycles. The van der Waals surface area contributed by atoms with Gasteiger partial charge >= 0.3 is 0 Å². The Labute approximate surface area is 198 Å². The van der Waals surface area contributed by atoms with Crippen molar-refractivity contribution in [3.8, 4) is 11.5 Å². The second-order valence-electron chi connectivity index (χ2n) is 8.28. The van der Waals surface area contributed by atoms with Crippen LogP contribution in [0.25, 0.3) is 11.0 Å². The van der Waals surface area contributed by atoms with Gasteiger partial charge in [-0.25, -0.2) is 4.68 Å². The van der Waals surface area contributed by atoms with Crippen LogP contribution in [0.15, 0.2) is 66.7 Å². The van der Waals surface area contributed by atoms with Crippen LogP contribution in [0.3, 0.4) is 0 Å². The topological polar surface area (TPSA) is 72.7 Å². The molecule has 1 aromatic heterocycles. The van der Waals surface area contributed by atoms with Crippen LogP contribution in [-0.4, -0.2) is 66.2 Å². The molecule has 1 fully saturated rings. The van der Waals surface area contributed by atoms with Crippen molar-refractivity contribution in [3.63, 3.8) is 0 Å². The van der Waals surface area contributed by atoms with Crippen LogP contribution in [0, 0.1) is 0 Å². The highest BCUT2D eigenvalue weighted by atomic mass is 16.5. The number of methoxy groups -OCH3 is 2. The fraction of sp³-hybridized carbons (Fsp3) is 0.269. The number of carbonyl (C=O) groups excluding carboxylic acids is 1. The molecule has 0 saturated carbocycles. The largest absolute Gasteiger partial charge is 0.497 e. The first kappa shape index (κ1) is 21.8. The van der Waals surface area contributed by atoms with Crippen LogP contribution in [0.5, 0.6) is 11.5 Å². The number of piperazine rings is 1. The molecule has 3 aromatic carbocycles. The molecular formula is C26H27N5O3. The van der Waals surface area contributed by atoms with Crippen molar-refractivity contribution in [1.29, 1.82) is 0 Å². The Hall–Kier alpha value is -4.07. The average molecular weight is 458 g/mol. The number of rotatable bonds is 6. The molecule has 1 aliphatic rings. The van der Waals surface area contributed by atoms with Crippen molar-refractivity contribution in [3.05, 3.63) is 77.9 Å². The summed E-state index contributed by atoms with van der Waals surface area (Å²) in [5.74, 6) is 1.67. The van der Waals surface area contributed by atoms with Crippen LogP contribution in [0.2, 0.25) is 0 Å². The summed E-state index contributed by atoms with van der Waals surface area (Å²) in [4.78, 5) is 17.4. The first-order valence-corrected chi connectivity index (χ1v) is 11.3. The van der Waals surface area contributed by atoms with Gasteiger partial charge in [-0.3, -0.25) is 4.79 Å². The van der Waals surface area contributed by atoms with Gasteiger partial charge in [0.2, 0.25) is 0 Å². The second-order valence-corrected chi connectivity index (χ2v) is 8.28. The van der Waals surface area contributed by atoms with E-state index in [4.69, 9.17) is 9.47 Å². The van der Waals surface area contributed by atoms with Gasteiger partial charge < -0.3 is 19.3 Å². The van der Waals surface area contributed by atoms with Gasteiger partial charge in [-0.1, -0.05) is 23.4 Å². The summed E-state index contributed by atoms with van der Waals surface area (Å²) in [7, 11) is 3.32. The molecular weight excluding hydrogens is 430 g/mol. The summed E-state index contributed by atoms with van der Waals surface area (Å²) in [5.41, 5.74) is 4.42. The minimum absolute atomic E-state index is 0.0227. The summed E-state index contributed by atoms with van der Waals surface area (Å²) in [6.45, 7) is 3.45.